The molecule has 0 saturated heterocycles. The smallest absolute Gasteiger partial charge is 0.140 e. The molecule has 1 atom stereocenters. The third kappa shape index (κ3) is 1.78. The standard InChI is InChI=1S/C14H16N2O2/c17-9-11-4-2-6-16-13(11)8-15-14(16)10-3-1-5-12(18)7-10/h1,3,5,7-8,11,17-18H,2,4,6,9H2. The summed E-state index contributed by atoms with van der Waals surface area (Å²) < 4.78 is 2.15. The maximum atomic E-state index is 9.54. The zero-order chi connectivity index (χ0) is 12.5. The Kier molecular flexibility index (Phi) is 2.80. The molecular weight excluding hydrogens is 228 g/mol. The second-order valence-electron chi connectivity index (χ2n) is 4.73. The van der Waals surface area contributed by atoms with Crippen molar-refractivity contribution in [3.63, 3.8) is 0 Å². The van der Waals surface area contributed by atoms with Crippen LogP contribution in [0.25, 0.3) is 11.4 Å². The van der Waals surface area contributed by atoms with Crippen LogP contribution in [0.2, 0.25) is 0 Å². The summed E-state index contributed by atoms with van der Waals surface area (Å²) in [7, 11) is 0. The quantitative estimate of drug-likeness (QED) is 0.850. The first-order valence-corrected chi connectivity index (χ1v) is 6.25. The minimum atomic E-state index is 0.172. The molecule has 4 nitrogen and oxygen atoms in total. The van der Waals surface area contributed by atoms with E-state index in [0.29, 0.717) is 0 Å². The van der Waals surface area contributed by atoms with Crippen molar-refractivity contribution >= 4 is 0 Å². The number of nitrogens with zero attached hydrogens (tertiary/aromatic N) is 2. The molecule has 0 saturated carbocycles. The van der Waals surface area contributed by atoms with Gasteiger partial charge in [-0.15, -0.1) is 0 Å². The highest BCUT2D eigenvalue weighted by Crippen LogP contribution is 2.32. The first-order valence-electron chi connectivity index (χ1n) is 6.25. The Morgan fingerprint density at radius 3 is 3.06 bits per heavy atom. The zero-order valence-corrected chi connectivity index (χ0v) is 10.1. The number of hydrogen-bond acceptors (Lipinski definition) is 3. The molecule has 0 radical (unpaired) electrons. The molecule has 0 aliphatic carbocycles. The SMILES string of the molecule is OCC1CCCn2c1cnc2-c1cccc(O)c1. The minimum absolute atomic E-state index is 0.172. The third-order valence-electron chi connectivity index (χ3n) is 3.56. The van der Waals surface area contributed by atoms with Crippen LogP contribution in [-0.2, 0) is 6.54 Å². The molecule has 1 unspecified atom stereocenters. The van der Waals surface area contributed by atoms with Crippen LogP contribution in [0.4, 0.5) is 0 Å². The van der Waals surface area contributed by atoms with E-state index >= 15 is 0 Å². The number of fused-ring (bicyclic) bond motifs is 1. The summed E-state index contributed by atoms with van der Waals surface area (Å²) in [6.07, 6.45) is 3.92. The van der Waals surface area contributed by atoms with Gasteiger partial charge in [-0.25, -0.2) is 4.98 Å². The molecule has 2 aromatic rings. The van der Waals surface area contributed by atoms with Gasteiger partial charge in [0.1, 0.15) is 11.6 Å². The number of phenols is 1. The average Bonchev–Trinajstić information content (AvgIpc) is 2.82. The number of hydrogen-bond donors (Lipinski definition) is 2. The highest BCUT2D eigenvalue weighted by molar-refractivity contribution is 5.58. The molecular formula is C14H16N2O2. The maximum absolute atomic E-state index is 9.54. The van der Waals surface area contributed by atoms with Crippen LogP contribution in [0.15, 0.2) is 30.5 Å². The molecule has 1 aliphatic heterocycles. The number of aromatic nitrogens is 2. The molecule has 1 aromatic carbocycles. The third-order valence-corrected chi connectivity index (χ3v) is 3.56. The average molecular weight is 244 g/mol. The van der Waals surface area contributed by atoms with Crippen LogP contribution < -0.4 is 0 Å². The van der Waals surface area contributed by atoms with Gasteiger partial charge in [-0.2, -0.15) is 0 Å². The van der Waals surface area contributed by atoms with Crippen molar-refractivity contribution < 1.29 is 10.2 Å². The monoisotopic (exact) mass is 244 g/mol. The number of imidazole rings is 1. The van der Waals surface area contributed by atoms with Crippen molar-refractivity contribution in [1.29, 1.82) is 0 Å². The molecule has 4 heteroatoms. The molecule has 0 amide bonds. The number of aromatic hydroxyl groups is 1. The fraction of sp³-hybridized carbons (Fsp3) is 0.357. The van der Waals surface area contributed by atoms with Gasteiger partial charge in [0.15, 0.2) is 0 Å². The predicted molar refractivity (Wildman–Crippen MR) is 68.4 cm³/mol. The van der Waals surface area contributed by atoms with Crippen molar-refractivity contribution in [3.8, 4) is 17.1 Å². The van der Waals surface area contributed by atoms with E-state index < -0.39 is 0 Å². The molecule has 0 fully saturated rings. The van der Waals surface area contributed by atoms with Crippen molar-refractivity contribution in [2.75, 3.05) is 6.61 Å². The summed E-state index contributed by atoms with van der Waals surface area (Å²) in [5.74, 6) is 1.32. The van der Waals surface area contributed by atoms with Crippen LogP contribution in [0.1, 0.15) is 24.5 Å². The van der Waals surface area contributed by atoms with Gasteiger partial charge in [0.05, 0.1) is 6.61 Å². The van der Waals surface area contributed by atoms with E-state index in [2.05, 4.69) is 9.55 Å². The van der Waals surface area contributed by atoms with Gasteiger partial charge < -0.3 is 14.8 Å². The predicted octanol–water partition coefficient (Wildman–Crippen LogP) is 2.13. The number of phenolic OH excluding ortho intramolecular Hbond substituents is 1. The van der Waals surface area contributed by atoms with E-state index in [1.807, 2.05) is 18.3 Å². The summed E-state index contributed by atoms with van der Waals surface area (Å²) in [6, 6.07) is 7.13. The zero-order valence-electron chi connectivity index (χ0n) is 10.1. The number of rotatable bonds is 2. The Morgan fingerprint density at radius 2 is 2.28 bits per heavy atom. The van der Waals surface area contributed by atoms with Gasteiger partial charge in [0, 0.05) is 29.9 Å². The Hall–Kier alpha value is -1.81. The lowest BCUT2D eigenvalue weighted by molar-refractivity contribution is 0.241. The van der Waals surface area contributed by atoms with Gasteiger partial charge in [-0.1, -0.05) is 12.1 Å². The molecule has 2 heterocycles. The second kappa shape index (κ2) is 4.46. The van der Waals surface area contributed by atoms with E-state index in [0.717, 1.165) is 36.5 Å². The van der Waals surface area contributed by atoms with Gasteiger partial charge in [-0.3, -0.25) is 0 Å². The summed E-state index contributed by atoms with van der Waals surface area (Å²) >= 11 is 0. The van der Waals surface area contributed by atoms with E-state index in [-0.39, 0.29) is 18.3 Å². The van der Waals surface area contributed by atoms with Crippen molar-refractivity contribution in [3.05, 3.63) is 36.2 Å². The van der Waals surface area contributed by atoms with Crippen LogP contribution in [0, 0.1) is 0 Å². The Morgan fingerprint density at radius 1 is 1.39 bits per heavy atom. The summed E-state index contributed by atoms with van der Waals surface area (Å²) in [4.78, 5) is 4.45. The van der Waals surface area contributed by atoms with Crippen molar-refractivity contribution in [2.24, 2.45) is 0 Å². The molecule has 1 aromatic heterocycles. The van der Waals surface area contributed by atoms with E-state index in [1.165, 1.54) is 0 Å². The van der Waals surface area contributed by atoms with Gasteiger partial charge in [0.2, 0.25) is 0 Å². The molecule has 94 valence electrons. The molecule has 3 rings (SSSR count). The lowest BCUT2D eigenvalue weighted by Crippen LogP contribution is -2.18. The molecule has 2 N–H and O–H groups in total. The lowest BCUT2D eigenvalue weighted by Gasteiger charge is -2.23. The van der Waals surface area contributed by atoms with Crippen LogP contribution >= 0.6 is 0 Å². The Labute approximate surface area is 106 Å². The minimum Gasteiger partial charge on any atom is -0.508 e. The number of benzene rings is 1. The summed E-state index contributed by atoms with van der Waals surface area (Å²) in [6.45, 7) is 1.10. The normalized spacial score (nSPS) is 18.6. The van der Waals surface area contributed by atoms with Gasteiger partial charge in [0.25, 0.3) is 0 Å². The Balaban J connectivity index is 2.07. The second-order valence-corrected chi connectivity index (χ2v) is 4.73. The molecule has 0 bridgehead atoms. The first kappa shape index (κ1) is 11.3. The van der Waals surface area contributed by atoms with Crippen molar-refractivity contribution in [2.45, 2.75) is 25.3 Å². The van der Waals surface area contributed by atoms with E-state index in [1.54, 1.807) is 12.1 Å². The molecule has 1 aliphatic rings. The highest BCUT2D eigenvalue weighted by Gasteiger charge is 2.23. The van der Waals surface area contributed by atoms with Crippen molar-refractivity contribution in [1.82, 2.24) is 9.55 Å². The summed E-state index contributed by atoms with van der Waals surface area (Å²) in [5.41, 5.74) is 2.02. The number of aliphatic hydroxyl groups excluding tert-OH is 1. The van der Waals surface area contributed by atoms with Crippen LogP contribution in [-0.4, -0.2) is 26.4 Å². The van der Waals surface area contributed by atoms with E-state index in [4.69, 9.17) is 0 Å². The van der Waals surface area contributed by atoms with Crippen LogP contribution in [0.3, 0.4) is 0 Å². The summed E-state index contributed by atoms with van der Waals surface area (Å²) in [5, 5.41) is 18.9. The molecule has 18 heavy (non-hydrogen) atoms. The maximum Gasteiger partial charge on any atom is 0.140 e. The van der Waals surface area contributed by atoms with Gasteiger partial charge >= 0.3 is 0 Å². The van der Waals surface area contributed by atoms with Crippen LogP contribution in [0.5, 0.6) is 5.75 Å². The Bertz CT molecular complexity index is 563. The highest BCUT2D eigenvalue weighted by atomic mass is 16.3. The lowest BCUT2D eigenvalue weighted by atomic mass is 9.97. The number of aliphatic hydroxyl groups is 1. The van der Waals surface area contributed by atoms with Gasteiger partial charge in [-0.05, 0) is 25.0 Å². The fourth-order valence-corrected chi connectivity index (χ4v) is 2.65. The van der Waals surface area contributed by atoms with E-state index in [9.17, 15) is 10.2 Å². The molecule has 0 spiro atoms. The topological polar surface area (TPSA) is 58.3 Å². The first-order chi connectivity index (χ1) is 8.79. The largest absolute Gasteiger partial charge is 0.508 e. The fourth-order valence-electron chi connectivity index (χ4n) is 2.65.